The van der Waals surface area contributed by atoms with E-state index in [4.69, 9.17) is 0 Å². The van der Waals surface area contributed by atoms with Gasteiger partial charge in [0.1, 0.15) is 0 Å². The molecular weight excluding hydrogens is 347 g/mol. The van der Waals surface area contributed by atoms with E-state index in [1.807, 2.05) is 11.6 Å². The Morgan fingerprint density at radius 1 is 1.23 bits per heavy atom. The van der Waals surface area contributed by atoms with Gasteiger partial charge in [-0.15, -0.1) is 0 Å². The number of aliphatic hydroxyl groups is 1. The third kappa shape index (κ3) is 3.70. The lowest BCUT2D eigenvalue weighted by molar-refractivity contribution is -0.137. The summed E-state index contributed by atoms with van der Waals surface area (Å²) in [5.41, 5.74) is 1.44. The number of carbonyl (C=O) groups excluding carboxylic acids is 1. The maximum absolute atomic E-state index is 12.5. The molecule has 0 aliphatic carbocycles. The molecule has 1 amide bonds. The summed E-state index contributed by atoms with van der Waals surface area (Å²) in [5, 5.41) is 12.6. The summed E-state index contributed by atoms with van der Waals surface area (Å²) in [4.78, 5) is 16.4. The quantitative estimate of drug-likeness (QED) is 0.749. The van der Waals surface area contributed by atoms with Gasteiger partial charge in [0.25, 0.3) is 5.91 Å². The van der Waals surface area contributed by atoms with E-state index in [1.165, 1.54) is 12.1 Å². The van der Waals surface area contributed by atoms with Crippen LogP contribution in [0, 0.1) is 0 Å². The minimum atomic E-state index is -4.43. The van der Waals surface area contributed by atoms with E-state index in [9.17, 15) is 23.1 Å². The van der Waals surface area contributed by atoms with Gasteiger partial charge in [-0.05, 0) is 35.9 Å². The zero-order chi connectivity index (χ0) is 18.9. The number of rotatable bonds is 4. The average molecular weight is 363 g/mol. The van der Waals surface area contributed by atoms with Crippen molar-refractivity contribution < 1.29 is 23.1 Å². The van der Waals surface area contributed by atoms with Crippen molar-refractivity contribution in [2.24, 2.45) is 7.05 Å². The van der Waals surface area contributed by atoms with Crippen LogP contribution < -0.4 is 5.32 Å². The molecule has 0 radical (unpaired) electrons. The first-order chi connectivity index (χ1) is 12.3. The molecule has 0 spiro atoms. The van der Waals surface area contributed by atoms with Crippen LogP contribution in [0.3, 0.4) is 0 Å². The zero-order valence-electron chi connectivity index (χ0n) is 13.8. The minimum Gasteiger partial charge on any atom is -0.387 e. The highest BCUT2D eigenvalue weighted by Gasteiger charge is 2.30. The molecule has 2 N–H and O–H groups in total. The van der Waals surface area contributed by atoms with E-state index in [0.717, 1.165) is 17.6 Å². The number of nitrogens with one attached hydrogen (secondary N) is 1. The molecule has 1 heterocycles. The number of nitrogens with zero attached hydrogens (tertiary/aromatic N) is 2. The Morgan fingerprint density at radius 3 is 2.58 bits per heavy atom. The summed E-state index contributed by atoms with van der Waals surface area (Å²) >= 11 is 0. The number of benzene rings is 2. The molecule has 0 saturated carbocycles. The van der Waals surface area contributed by atoms with E-state index in [1.54, 1.807) is 24.5 Å². The lowest BCUT2D eigenvalue weighted by atomic mass is 10.1. The Balaban J connectivity index is 1.64. The molecule has 5 nitrogen and oxygen atoms in total. The number of aromatic nitrogens is 2. The number of hydrogen-bond acceptors (Lipinski definition) is 3. The highest BCUT2D eigenvalue weighted by Crippen LogP contribution is 2.29. The van der Waals surface area contributed by atoms with Gasteiger partial charge in [0.15, 0.2) is 0 Å². The maximum Gasteiger partial charge on any atom is 0.416 e. The first-order valence-corrected chi connectivity index (χ1v) is 7.80. The Kier molecular flexibility index (Phi) is 4.69. The predicted octanol–water partition coefficient (Wildman–Crippen LogP) is 3.06. The molecule has 1 aromatic heterocycles. The molecule has 0 fully saturated rings. The molecule has 0 aliphatic heterocycles. The second kappa shape index (κ2) is 6.80. The number of aliphatic hydroxyl groups excluding tert-OH is 1. The van der Waals surface area contributed by atoms with Crippen LogP contribution in [0.5, 0.6) is 0 Å². The monoisotopic (exact) mass is 363 g/mol. The summed E-state index contributed by atoms with van der Waals surface area (Å²) in [7, 11) is 1.84. The third-order valence-corrected chi connectivity index (χ3v) is 4.07. The largest absolute Gasteiger partial charge is 0.416 e. The van der Waals surface area contributed by atoms with E-state index < -0.39 is 23.8 Å². The number of aryl methyl sites for hydroxylation is 1. The fourth-order valence-electron chi connectivity index (χ4n) is 2.58. The van der Waals surface area contributed by atoms with Gasteiger partial charge in [-0.3, -0.25) is 4.79 Å². The fraction of sp³-hybridized carbons (Fsp3) is 0.222. The van der Waals surface area contributed by atoms with Crippen LogP contribution >= 0.6 is 0 Å². The van der Waals surface area contributed by atoms with Crippen molar-refractivity contribution >= 4 is 16.9 Å². The lowest BCUT2D eigenvalue weighted by Crippen LogP contribution is -2.28. The van der Waals surface area contributed by atoms with Gasteiger partial charge in [0, 0.05) is 19.2 Å². The molecule has 3 rings (SSSR count). The predicted molar refractivity (Wildman–Crippen MR) is 89.5 cm³/mol. The Labute approximate surface area is 147 Å². The SMILES string of the molecule is Cn1cnc2cc(C(=O)NC[C@H](O)c3ccc(C(F)(F)F)cc3)ccc21. The molecular formula is C18H16F3N3O2. The van der Waals surface area contributed by atoms with Crippen LogP contribution in [0.4, 0.5) is 13.2 Å². The first kappa shape index (κ1) is 17.9. The Hall–Kier alpha value is -2.87. The van der Waals surface area contributed by atoms with Crippen molar-refractivity contribution in [1.29, 1.82) is 0 Å². The van der Waals surface area contributed by atoms with Crippen LogP contribution in [-0.2, 0) is 13.2 Å². The second-order valence-corrected chi connectivity index (χ2v) is 5.90. The normalized spacial score (nSPS) is 13.0. The number of amides is 1. The van der Waals surface area contributed by atoms with E-state index in [0.29, 0.717) is 16.6 Å². The molecule has 0 unspecified atom stereocenters. The van der Waals surface area contributed by atoms with Crippen LogP contribution in [-0.4, -0.2) is 27.1 Å². The first-order valence-electron chi connectivity index (χ1n) is 7.80. The zero-order valence-corrected chi connectivity index (χ0v) is 13.8. The van der Waals surface area contributed by atoms with Crippen LogP contribution in [0.15, 0.2) is 48.8 Å². The highest BCUT2D eigenvalue weighted by molar-refractivity contribution is 5.97. The summed E-state index contributed by atoms with van der Waals surface area (Å²) < 4.78 is 39.5. The van der Waals surface area contributed by atoms with Crippen molar-refractivity contribution in [1.82, 2.24) is 14.9 Å². The number of alkyl halides is 3. The smallest absolute Gasteiger partial charge is 0.387 e. The van der Waals surface area contributed by atoms with Crippen molar-refractivity contribution in [3.63, 3.8) is 0 Å². The average Bonchev–Trinajstić information content (AvgIpc) is 2.99. The number of imidazole rings is 1. The van der Waals surface area contributed by atoms with Crippen molar-refractivity contribution in [3.05, 3.63) is 65.5 Å². The van der Waals surface area contributed by atoms with Crippen molar-refractivity contribution in [2.45, 2.75) is 12.3 Å². The van der Waals surface area contributed by atoms with Crippen molar-refractivity contribution in [2.75, 3.05) is 6.54 Å². The number of fused-ring (bicyclic) bond motifs is 1. The fourth-order valence-corrected chi connectivity index (χ4v) is 2.58. The van der Waals surface area contributed by atoms with Gasteiger partial charge in [0.2, 0.25) is 0 Å². The number of halogens is 3. The van der Waals surface area contributed by atoms with Gasteiger partial charge in [0.05, 0.1) is 29.0 Å². The number of hydrogen-bond donors (Lipinski definition) is 2. The Bertz CT molecular complexity index is 933. The van der Waals surface area contributed by atoms with Crippen molar-refractivity contribution in [3.8, 4) is 0 Å². The summed E-state index contributed by atoms with van der Waals surface area (Å²) in [6.45, 7) is -0.121. The third-order valence-electron chi connectivity index (χ3n) is 4.07. The molecule has 136 valence electrons. The molecule has 0 bridgehead atoms. The van der Waals surface area contributed by atoms with Crippen LogP contribution in [0.1, 0.15) is 27.6 Å². The summed E-state index contributed by atoms with van der Waals surface area (Å²) in [5.74, 6) is -0.400. The number of carbonyl (C=O) groups is 1. The second-order valence-electron chi connectivity index (χ2n) is 5.90. The summed E-state index contributed by atoms with van der Waals surface area (Å²) in [6.07, 6.45) is -3.90. The highest BCUT2D eigenvalue weighted by atomic mass is 19.4. The molecule has 3 aromatic rings. The molecule has 1 atom stereocenters. The van der Waals surface area contributed by atoms with Crippen LogP contribution in [0.25, 0.3) is 11.0 Å². The van der Waals surface area contributed by atoms with Gasteiger partial charge in [-0.25, -0.2) is 4.98 Å². The van der Waals surface area contributed by atoms with Gasteiger partial charge >= 0.3 is 6.18 Å². The van der Waals surface area contributed by atoms with E-state index >= 15 is 0 Å². The molecule has 0 aliphatic rings. The standard InChI is InChI=1S/C18H16F3N3O2/c1-24-10-23-14-8-12(4-7-15(14)24)17(26)22-9-16(25)11-2-5-13(6-3-11)18(19,20)21/h2-8,10,16,25H,9H2,1H3,(H,22,26)/t16-/m0/s1. The topological polar surface area (TPSA) is 67.2 Å². The molecule has 0 saturated heterocycles. The Morgan fingerprint density at radius 2 is 1.92 bits per heavy atom. The lowest BCUT2D eigenvalue weighted by Gasteiger charge is -2.14. The van der Waals surface area contributed by atoms with E-state index in [2.05, 4.69) is 10.3 Å². The van der Waals surface area contributed by atoms with Gasteiger partial charge in [-0.2, -0.15) is 13.2 Å². The summed E-state index contributed by atoms with van der Waals surface area (Å²) in [6, 6.07) is 9.23. The van der Waals surface area contributed by atoms with Gasteiger partial charge in [-0.1, -0.05) is 12.1 Å². The minimum absolute atomic E-state index is 0.121. The van der Waals surface area contributed by atoms with Crippen LogP contribution in [0.2, 0.25) is 0 Å². The molecule has 26 heavy (non-hydrogen) atoms. The maximum atomic E-state index is 12.5. The van der Waals surface area contributed by atoms with E-state index in [-0.39, 0.29) is 6.54 Å². The molecule has 2 aromatic carbocycles. The van der Waals surface area contributed by atoms with Gasteiger partial charge < -0.3 is 15.0 Å². The molecule has 8 heteroatoms.